The lowest BCUT2D eigenvalue weighted by Gasteiger charge is -2.31. The van der Waals surface area contributed by atoms with Crippen molar-refractivity contribution in [2.45, 2.75) is 0 Å². The van der Waals surface area contributed by atoms with Crippen molar-refractivity contribution in [1.82, 2.24) is 5.32 Å². The number of rotatable bonds is 3. The second-order valence-electron chi connectivity index (χ2n) is 5.94. The Bertz CT molecular complexity index is 908. The van der Waals surface area contributed by atoms with Crippen LogP contribution in [0.3, 0.4) is 0 Å². The number of carbonyl (C=O) groups is 1. The van der Waals surface area contributed by atoms with Crippen molar-refractivity contribution in [3.8, 4) is 0 Å². The highest BCUT2D eigenvalue weighted by Gasteiger charge is 2.29. The van der Waals surface area contributed by atoms with E-state index in [0.29, 0.717) is 26.2 Å². The zero-order valence-corrected chi connectivity index (χ0v) is 14.5. The van der Waals surface area contributed by atoms with E-state index in [9.17, 15) is 9.59 Å². The molecule has 3 rings (SSSR count). The first-order chi connectivity index (χ1) is 11.8. The number of carboxylic acid groups (broad SMARTS) is 1. The molecule has 0 atom stereocenters. The van der Waals surface area contributed by atoms with Gasteiger partial charge in [0.15, 0.2) is 11.6 Å². The molecule has 25 heavy (non-hydrogen) atoms. The third kappa shape index (κ3) is 2.83. The normalized spacial score (nSPS) is 14.8. The fraction of sp³-hybridized carbons (Fsp3) is 0.375. The van der Waals surface area contributed by atoms with Gasteiger partial charge in [0, 0.05) is 45.7 Å². The Hall–Kier alpha value is -2.26. The van der Waals surface area contributed by atoms with Crippen LogP contribution in [0.2, 0.25) is 0 Å². The predicted molar refractivity (Wildman–Crippen MR) is 94.4 cm³/mol. The van der Waals surface area contributed by atoms with E-state index in [-0.39, 0.29) is 21.5 Å². The van der Waals surface area contributed by atoms with Gasteiger partial charge in [-0.3, -0.25) is 4.79 Å². The molecule has 1 fully saturated rings. The van der Waals surface area contributed by atoms with E-state index in [1.807, 2.05) is 0 Å². The van der Waals surface area contributed by atoms with Gasteiger partial charge in [0.2, 0.25) is 5.43 Å². The van der Waals surface area contributed by atoms with E-state index in [1.54, 1.807) is 4.90 Å². The molecule has 1 aliphatic heterocycles. The average molecular weight is 369 g/mol. The standard InChI is InChI=1S/C16H17F2N3O3S/c1-20(2)12-9-14(22)8(16(23)24)7-25-15(9)11(18)13(10(12)17)21-5-3-19-4-6-21/h7,19H,3-6H2,1-2H3,(H,23,24). The third-order valence-corrected chi connectivity index (χ3v) is 5.14. The summed E-state index contributed by atoms with van der Waals surface area (Å²) in [6, 6.07) is 0. The summed E-state index contributed by atoms with van der Waals surface area (Å²) >= 11 is 0.800. The lowest BCUT2D eigenvalue weighted by atomic mass is 10.1. The summed E-state index contributed by atoms with van der Waals surface area (Å²) in [5.74, 6) is -3.08. The molecular formula is C16H17F2N3O3S. The molecule has 2 heterocycles. The van der Waals surface area contributed by atoms with Crippen molar-refractivity contribution >= 4 is 38.8 Å². The number of piperazine rings is 1. The number of anilines is 2. The number of halogens is 2. The number of aromatic carboxylic acids is 1. The number of nitrogens with one attached hydrogen (secondary N) is 1. The molecule has 134 valence electrons. The summed E-state index contributed by atoms with van der Waals surface area (Å²) in [7, 11) is 3.07. The Balaban J connectivity index is 2.40. The van der Waals surface area contributed by atoms with Crippen molar-refractivity contribution in [2.24, 2.45) is 0 Å². The molecule has 0 saturated carbocycles. The van der Waals surface area contributed by atoms with Crippen LogP contribution in [0, 0.1) is 11.6 Å². The number of hydrogen-bond acceptors (Lipinski definition) is 6. The van der Waals surface area contributed by atoms with Crippen LogP contribution >= 0.6 is 11.3 Å². The third-order valence-electron chi connectivity index (χ3n) is 4.16. The van der Waals surface area contributed by atoms with Crippen molar-refractivity contribution in [2.75, 3.05) is 50.1 Å². The van der Waals surface area contributed by atoms with Gasteiger partial charge in [-0.15, -0.1) is 11.3 Å². The van der Waals surface area contributed by atoms with Crippen molar-refractivity contribution in [1.29, 1.82) is 0 Å². The van der Waals surface area contributed by atoms with E-state index >= 15 is 8.78 Å². The van der Waals surface area contributed by atoms with Crippen LogP contribution in [0.5, 0.6) is 0 Å². The predicted octanol–water partition coefficient (Wildman–Crippen LogP) is 1.71. The lowest BCUT2D eigenvalue weighted by molar-refractivity contribution is 0.0696. The molecule has 0 bridgehead atoms. The summed E-state index contributed by atoms with van der Waals surface area (Å²) < 4.78 is 30.2. The number of benzene rings is 1. The highest BCUT2D eigenvalue weighted by molar-refractivity contribution is 7.17. The largest absolute Gasteiger partial charge is 0.478 e. The molecule has 0 amide bonds. The van der Waals surface area contributed by atoms with Crippen molar-refractivity contribution < 1.29 is 18.7 Å². The molecule has 1 saturated heterocycles. The Morgan fingerprint density at radius 1 is 1.28 bits per heavy atom. The fourth-order valence-electron chi connectivity index (χ4n) is 3.00. The number of hydrogen-bond donors (Lipinski definition) is 2. The Labute approximate surface area is 146 Å². The maximum Gasteiger partial charge on any atom is 0.340 e. The van der Waals surface area contributed by atoms with Gasteiger partial charge >= 0.3 is 5.97 Å². The van der Waals surface area contributed by atoms with Crippen LogP contribution in [0.1, 0.15) is 10.4 Å². The molecule has 1 aromatic carbocycles. The summed E-state index contributed by atoms with van der Waals surface area (Å²) in [6.07, 6.45) is 0. The highest BCUT2D eigenvalue weighted by Crippen LogP contribution is 2.39. The van der Waals surface area contributed by atoms with E-state index in [4.69, 9.17) is 5.11 Å². The van der Waals surface area contributed by atoms with Crippen LogP contribution in [-0.2, 0) is 0 Å². The average Bonchev–Trinajstić information content (AvgIpc) is 2.56. The van der Waals surface area contributed by atoms with Crippen LogP contribution in [0.4, 0.5) is 20.2 Å². The molecule has 1 aliphatic rings. The molecule has 0 aliphatic carbocycles. The van der Waals surface area contributed by atoms with Gasteiger partial charge in [-0.05, 0) is 0 Å². The maximum absolute atomic E-state index is 15.2. The van der Waals surface area contributed by atoms with Gasteiger partial charge < -0.3 is 20.2 Å². The highest BCUT2D eigenvalue weighted by atomic mass is 32.1. The molecule has 1 aromatic heterocycles. The first-order valence-electron chi connectivity index (χ1n) is 7.67. The zero-order valence-electron chi connectivity index (χ0n) is 13.7. The lowest BCUT2D eigenvalue weighted by Crippen LogP contribution is -2.44. The number of carboxylic acids is 1. The van der Waals surface area contributed by atoms with E-state index in [1.165, 1.54) is 19.0 Å². The minimum Gasteiger partial charge on any atom is -0.478 e. The summed E-state index contributed by atoms with van der Waals surface area (Å²) in [6.45, 7) is 2.08. The second-order valence-corrected chi connectivity index (χ2v) is 6.82. The van der Waals surface area contributed by atoms with Gasteiger partial charge in [0.05, 0.1) is 15.8 Å². The van der Waals surface area contributed by atoms with Crippen LogP contribution in [0.15, 0.2) is 10.2 Å². The van der Waals surface area contributed by atoms with E-state index in [2.05, 4.69) is 5.32 Å². The van der Waals surface area contributed by atoms with Gasteiger partial charge in [-0.1, -0.05) is 0 Å². The maximum atomic E-state index is 15.2. The van der Waals surface area contributed by atoms with Crippen molar-refractivity contribution in [3.05, 3.63) is 32.8 Å². The minimum absolute atomic E-state index is 0.0337. The van der Waals surface area contributed by atoms with Gasteiger partial charge in [-0.2, -0.15) is 0 Å². The van der Waals surface area contributed by atoms with Crippen LogP contribution < -0.4 is 20.5 Å². The summed E-state index contributed by atoms with van der Waals surface area (Å²) in [5.41, 5.74) is -1.63. The fourth-order valence-corrected chi connectivity index (χ4v) is 3.95. The van der Waals surface area contributed by atoms with E-state index in [0.717, 1.165) is 16.7 Å². The monoisotopic (exact) mass is 369 g/mol. The smallest absolute Gasteiger partial charge is 0.340 e. The van der Waals surface area contributed by atoms with E-state index < -0.39 is 28.6 Å². The van der Waals surface area contributed by atoms with Gasteiger partial charge in [0.1, 0.15) is 11.3 Å². The number of fused-ring (bicyclic) bond motifs is 1. The van der Waals surface area contributed by atoms with Gasteiger partial charge in [-0.25, -0.2) is 13.6 Å². The molecule has 6 nitrogen and oxygen atoms in total. The molecule has 0 spiro atoms. The SMILES string of the molecule is CN(C)c1c(F)c(N2CCNCC2)c(F)c2scc(C(=O)O)c(=O)c12. The quantitative estimate of drug-likeness (QED) is 0.858. The van der Waals surface area contributed by atoms with Gasteiger partial charge in [0.25, 0.3) is 0 Å². The number of nitrogens with zero attached hydrogens (tertiary/aromatic N) is 2. The molecular weight excluding hydrogens is 352 g/mol. The molecule has 0 radical (unpaired) electrons. The molecule has 2 aromatic rings. The van der Waals surface area contributed by atoms with Crippen LogP contribution in [0.25, 0.3) is 10.1 Å². The Morgan fingerprint density at radius 2 is 1.92 bits per heavy atom. The summed E-state index contributed by atoms with van der Waals surface area (Å²) in [5, 5.41) is 13.1. The zero-order chi connectivity index (χ0) is 18.3. The van der Waals surface area contributed by atoms with Crippen molar-refractivity contribution in [3.63, 3.8) is 0 Å². The molecule has 2 N–H and O–H groups in total. The minimum atomic E-state index is -1.42. The molecule has 0 unspecified atom stereocenters. The summed E-state index contributed by atoms with van der Waals surface area (Å²) in [4.78, 5) is 26.7. The first-order valence-corrected chi connectivity index (χ1v) is 8.55. The second kappa shape index (κ2) is 6.57. The Morgan fingerprint density at radius 3 is 2.48 bits per heavy atom. The first kappa shape index (κ1) is 17.6. The Kier molecular flexibility index (Phi) is 4.61. The topological polar surface area (TPSA) is 72.9 Å². The van der Waals surface area contributed by atoms with Crippen LogP contribution in [-0.4, -0.2) is 51.4 Å². The molecule has 9 heteroatoms.